The molecule has 0 aliphatic rings. The van der Waals surface area contributed by atoms with Crippen LogP contribution in [0.3, 0.4) is 0 Å². The minimum absolute atomic E-state index is 0.0255. The number of hydrogen-bond acceptors (Lipinski definition) is 1. The molecule has 0 amide bonds. The first-order valence-corrected chi connectivity index (χ1v) is 1.27. The minimum Gasteiger partial charge on any atom is -0.478 e. The highest BCUT2D eigenvalue weighted by atomic mass is 19.1. The lowest BCUT2D eigenvalue weighted by atomic mass is 10.7. The molecule has 1 N–H and O–H groups in total. The van der Waals surface area contributed by atoms with E-state index in [1.165, 1.54) is 0 Å². The standard InChI is InChI=1S/C3H3FO2/c4-2-1-3(5)6/h1-2H,(H,5,6)/b2-1+. The molecule has 0 spiro atoms. The fourth-order valence-electron chi connectivity index (χ4n) is 0.0539. The Kier molecular flexibility index (Phi) is 2.04. The molecule has 0 aromatic carbocycles. The smallest absolute Gasteiger partial charge is 0.330 e. The minimum atomic E-state index is -1.27. The second-order valence-corrected chi connectivity index (χ2v) is 0.631. The predicted octanol–water partition coefficient (Wildman–Crippen LogP) is 0.554. The fraction of sp³-hybridized carbons (Fsp3) is 0. The number of carbonyl (C=O) groups is 1. The number of rotatable bonds is 1. The van der Waals surface area contributed by atoms with Gasteiger partial charge in [-0.25, -0.2) is 9.18 Å². The molecular weight excluding hydrogens is 87.0 g/mol. The lowest BCUT2D eigenvalue weighted by Crippen LogP contribution is -1.83. The summed E-state index contributed by atoms with van der Waals surface area (Å²) in [7, 11) is 0. The van der Waals surface area contributed by atoms with E-state index in [9.17, 15) is 9.18 Å². The van der Waals surface area contributed by atoms with Crippen molar-refractivity contribution < 1.29 is 14.3 Å². The van der Waals surface area contributed by atoms with Gasteiger partial charge in [0.2, 0.25) is 0 Å². The van der Waals surface area contributed by atoms with Crippen LogP contribution in [0.15, 0.2) is 12.4 Å². The van der Waals surface area contributed by atoms with Crippen LogP contribution in [0.25, 0.3) is 0 Å². The maximum atomic E-state index is 10.7. The summed E-state index contributed by atoms with van der Waals surface area (Å²) in [6.45, 7) is 0. The second-order valence-electron chi connectivity index (χ2n) is 0.631. The van der Waals surface area contributed by atoms with E-state index in [0.717, 1.165) is 0 Å². The zero-order valence-corrected chi connectivity index (χ0v) is 2.89. The summed E-state index contributed by atoms with van der Waals surface area (Å²) >= 11 is 0. The average molecular weight is 90.1 g/mol. The Morgan fingerprint density at radius 3 is 2.33 bits per heavy atom. The molecule has 0 unspecified atom stereocenters. The number of aliphatic carboxylic acids is 1. The largest absolute Gasteiger partial charge is 0.478 e. The highest BCUT2D eigenvalue weighted by molar-refractivity contribution is 5.79. The van der Waals surface area contributed by atoms with Crippen molar-refractivity contribution in [3.63, 3.8) is 0 Å². The van der Waals surface area contributed by atoms with Crippen LogP contribution in [0.2, 0.25) is 0 Å². The van der Waals surface area contributed by atoms with Gasteiger partial charge in [-0.05, 0) is 0 Å². The van der Waals surface area contributed by atoms with Gasteiger partial charge in [0, 0.05) is 0 Å². The van der Waals surface area contributed by atoms with Crippen molar-refractivity contribution in [2.45, 2.75) is 0 Å². The zero-order chi connectivity index (χ0) is 4.99. The highest BCUT2D eigenvalue weighted by Gasteiger charge is 1.78. The Balaban J connectivity index is 3.30. The molecule has 0 aromatic rings. The summed E-state index contributed by atoms with van der Waals surface area (Å²) in [6, 6.07) is 0. The predicted molar refractivity (Wildman–Crippen MR) is 17.9 cm³/mol. The topological polar surface area (TPSA) is 37.3 Å². The van der Waals surface area contributed by atoms with Gasteiger partial charge < -0.3 is 5.11 Å². The van der Waals surface area contributed by atoms with Crippen LogP contribution in [0, 0.1) is 0 Å². The molecule has 0 aliphatic heterocycles. The van der Waals surface area contributed by atoms with Crippen molar-refractivity contribution in [3.05, 3.63) is 12.4 Å². The molecule has 0 fully saturated rings. The van der Waals surface area contributed by atoms with Crippen LogP contribution in [0.5, 0.6) is 0 Å². The van der Waals surface area contributed by atoms with Gasteiger partial charge in [-0.15, -0.1) is 0 Å². The van der Waals surface area contributed by atoms with Crippen molar-refractivity contribution in [2.24, 2.45) is 0 Å². The maximum absolute atomic E-state index is 10.7. The van der Waals surface area contributed by atoms with E-state index in [4.69, 9.17) is 5.11 Å². The van der Waals surface area contributed by atoms with Crippen LogP contribution >= 0.6 is 0 Å². The van der Waals surface area contributed by atoms with E-state index < -0.39 is 5.97 Å². The molecular formula is C3H3FO2. The van der Waals surface area contributed by atoms with Gasteiger partial charge in [0.15, 0.2) is 0 Å². The molecule has 34 valence electrons. The highest BCUT2D eigenvalue weighted by Crippen LogP contribution is 1.68. The van der Waals surface area contributed by atoms with Gasteiger partial charge in [-0.1, -0.05) is 0 Å². The van der Waals surface area contributed by atoms with Gasteiger partial charge in [-0.2, -0.15) is 0 Å². The molecule has 0 bridgehead atoms. The van der Waals surface area contributed by atoms with Gasteiger partial charge in [-0.3, -0.25) is 0 Å². The first-order chi connectivity index (χ1) is 2.77. The second kappa shape index (κ2) is 2.38. The van der Waals surface area contributed by atoms with E-state index in [1.54, 1.807) is 0 Å². The van der Waals surface area contributed by atoms with E-state index in [2.05, 4.69) is 0 Å². The molecule has 2 nitrogen and oxygen atoms in total. The Bertz CT molecular complexity index is 76.9. The lowest BCUT2D eigenvalue weighted by Gasteiger charge is -1.66. The van der Waals surface area contributed by atoms with Crippen molar-refractivity contribution >= 4 is 5.97 Å². The van der Waals surface area contributed by atoms with Gasteiger partial charge >= 0.3 is 5.97 Å². The summed E-state index contributed by atoms with van der Waals surface area (Å²) < 4.78 is 10.7. The van der Waals surface area contributed by atoms with Crippen molar-refractivity contribution in [1.82, 2.24) is 0 Å². The Morgan fingerprint density at radius 2 is 2.33 bits per heavy atom. The van der Waals surface area contributed by atoms with Crippen LogP contribution < -0.4 is 0 Å². The number of halogens is 1. The molecule has 3 heteroatoms. The molecule has 0 saturated heterocycles. The maximum Gasteiger partial charge on any atom is 0.330 e. The molecule has 0 rings (SSSR count). The van der Waals surface area contributed by atoms with E-state index in [1.807, 2.05) is 0 Å². The van der Waals surface area contributed by atoms with Crippen molar-refractivity contribution in [2.75, 3.05) is 0 Å². The van der Waals surface area contributed by atoms with Crippen molar-refractivity contribution in [1.29, 1.82) is 0 Å². The Morgan fingerprint density at radius 1 is 1.83 bits per heavy atom. The van der Waals surface area contributed by atoms with Gasteiger partial charge in [0.1, 0.15) is 0 Å². The van der Waals surface area contributed by atoms with E-state index in [0.29, 0.717) is 6.08 Å². The summed E-state index contributed by atoms with van der Waals surface area (Å²) in [5.74, 6) is -1.27. The third kappa shape index (κ3) is 3.14. The molecule has 0 radical (unpaired) electrons. The Labute approximate surface area is 33.9 Å². The summed E-state index contributed by atoms with van der Waals surface area (Å²) in [5, 5.41) is 7.59. The monoisotopic (exact) mass is 90.0 g/mol. The quantitative estimate of drug-likeness (QED) is 0.477. The average Bonchev–Trinajstić information content (AvgIpc) is 1.35. The van der Waals surface area contributed by atoms with Crippen LogP contribution in [-0.4, -0.2) is 11.1 Å². The zero-order valence-electron chi connectivity index (χ0n) is 2.89. The van der Waals surface area contributed by atoms with Gasteiger partial charge in [0.05, 0.1) is 12.4 Å². The van der Waals surface area contributed by atoms with Crippen LogP contribution in [-0.2, 0) is 4.79 Å². The van der Waals surface area contributed by atoms with Crippen LogP contribution in [0.4, 0.5) is 4.39 Å². The van der Waals surface area contributed by atoms with E-state index >= 15 is 0 Å². The first-order valence-electron chi connectivity index (χ1n) is 1.27. The van der Waals surface area contributed by atoms with E-state index in [-0.39, 0.29) is 6.33 Å². The third-order valence-corrected chi connectivity index (χ3v) is 0.206. The molecule has 0 aromatic heterocycles. The SMILES string of the molecule is O=C(O)/C=C/F. The number of carboxylic acid groups (broad SMARTS) is 1. The molecule has 0 saturated carbocycles. The fourth-order valence-corrected chi connectivity index (χ4v) is 0.0539. The summed E-state index contributed by atoms with van der Waals surface area (Å²) in [6.07, 6.45) is 0.391. The number of hydrogen-bond donors (Lipinski definition) is 1. The normalized spacial score (nSPS) is 9.50. The molecule has 6 heavy (non-hydrogen) atoms. The third-order valence-electron chi connectivity index (χ3n) is 0.206. The first kappa shape index (κ1) is 5.14. The summed E-state index contributed by atoms with van der Waals surface area (Å²) in [5.41, 5.74) is 0. The van der Waals surface area contributed by atoms with Gasteiger partial charge in [0.25, 0.3) is 0 Å². The number of carboxylic acids is 1. The lowest BCUT2D eigenvalue weighted by molar-refractivity contribution is -0.131. The Hall–Kier alpha value is -0.860. The van der Waals surface area contributed by atoms with Crippen molar-refractivity contribution in [3.8, 4) is 0 Å². The molecule has 0 atom stereocenters. The molecule has 0 aliphatic carbocycles. The summed E-state index contributed by atoms with van der Waals surface area (Å²) in [4.78, 5) is 9.27. The molecule has 0 heterocycles. The van der Waals surface area contributed by atoms with Crippen LogP contribution in [0.1, 0.15) is 0 Å².